The lowest BCUT2D eigenvalue weighted by Gasteiger charge is -2.05. The normalized spacial score (nSPS) is 11.5. The predicted molar refractivity (Wildman–Crippen MR) is 69.7 cm³/mol. The van der Waals surface area contributed by atoms with Gasteiger partial charge in [0.2, 0.25) is 0 Å². The van der Waals surface area contributed by atoms with Crippen molar-refractivity contribution in [3.63, 3.8) is 0 Å². The maximum absolute atomic E-state index is 11.8. The monoisotopic (exact) mass is 294 g/mol. The van der Waals surface area contributed by atoms with E-state index in [0.717, 1.165) is 6.26 Å². The molecule has 6 heteroatoms. The quantitative estimate of drug-likeness (QED) is 0.785. The van der Waals surface area contributed by atoms with E-state index in [-0.39, 0.29) is 29.9 Å². The molecule has 3 nitrogen and oxygen atoms in total. The largest absolute Gasteiger partial charge is 0.294 e. The van der Waals surface area contributed by atoms with Gasteiger partial charge in [0, 0.05) is 12.7 Å². The van der Waals surface area contributed by atoms with Crippen molar-refractivity contribution in [2.24, 2.45) is 0 Å². The highest BCUT2D eigenvalue weighted by atomic mass is 35.5. The highest BCUT2D eigenvalue weighted by Gasteiger charge is 2.14. The summed E-state index contributed by atoms with van der Waals surface area (Å²) in [5.41, 5.74) is 0.268. The van der Waals surface area contributed by atoms with Crippen molar-refractivity contribution < 1.29 is 13.2 Å². The Morgan fingerprint density at radius 3 is 2.24 bits per heavy atom. The van der Waals surface area contributed by atoms with Crippen molar-refractivity contribution >= 4 is 38.8 Å². The molecule has 17 heavy (non-hydrogen) atoms. The lowest BCUT2D eigenvalue weighted by Crippen LogP contribution is -2.07. The lowest BCUT2D eigenvalue weighted by molar-refractivity contribution is 0.0982. The molecule has 1 aromatic carbocycles. The molecule has 0 spiro atoms. The minimum Gasteiger partial charge on any atom is -0.294 e. The second-order valence-electron chi connectivity index (χ2n) is 3.75. The van der Waals surface area contributed by atoms with Crippen LogP contribution in [0.3, 0.4) is 0 Å². The SMILES string of the molecule is CS(=O)(=O)CCCC(=O)c1c(Cl)cccc1Cl. The Hall–Kier alpha value is -0.580. The first-order valence-corrected chi connectivity index (χ1v) is 7.78. The molecule has 0 aromatic heterocycles. The first-order valence-electron chi connectivity index (χ1n) is 4.96. The fourth-order valence-electron chi connectivity index (χ4n) is 1.38. The van der Waals surface area contributed by atoms with Gasteiger partial charge in [0.1, 0.15) is 9.84 Å². The number of rotatable bonds is 5. The van der Waals surface area contributed by atoms with E-state index in [1.165, 1.54) is 0 Å². The van der Waals surface area contributed by atoms with Gasteiger partial charge in [-0.05, 0) is 18.6 Å². The third kappa shape index (κ3) is 4.66. The highest BCUT2D eigenvalue weighted by molar-refractivity contribution is 7.90. The molecule has 94 valence electrons. The van der Waals surface area contributed by atoms with Crippen LogP contribution < -0.4 is 0 Å². The van der Waals surface area contributed by atoms with E-state index in [4.69, 9.17) is 23.2 Å². The molecule has 0 bridgehead atoms. The summed E-state index contributed by atoms with van der Waals surface area (Å²) in [7, 11) is -3.04. The van der Waals surface area contributed by atoms with Crippen LogP contribution in [0.1, 0.15) is 23.2 Å². The third-order valence-corrected chi connectivity index (χ3v) is 3.82. The number of Topliss-reactive ketones (excluding diaryl/α,β-unsaturated/α-hetero) is 1. The van der Waals surface area contributed by atoms with Gasteiger partial charge in [0.25, 0.3) is 0 Å². The minimum absolute atomic E-state index is 0.0131. The van der Waals surface area contributed by atoms with Crippen LogP contribution in [0, 0.1) is 0 Å². The van der Waals surface area contributed by atoms with Crippen molar-refractivity contribution in [2.75, 3.05) is 12.0 Å². The van der Waals surface area contributed by atoms with Crippen LogP contribution in [0.15, 0.2) is 18.2 Å². The summed E-state index contributed by atoms with van der Waals surface area (Å²) in [4.78, 5) is 11.8. The Kier molecular flexibility index (Phi) is 4.98. The van der Waals surface area contributed by atoms with E-state index in [9.17, 15) is 13.2 Å². The number of hydrogen-bond acceptors (Lipinski definition) is 3. The average molecular weight is 295 g/mol. The Morgan fingerprint density at radius 1 is 1.24 bits per heavy atom. The molecule has 0 unspecified atom stereocenters. The summed E-state index contributed by atoms with van der Waals surface area (Å²) in [6.45, 7) is 0. The zero-order valence-electron chi connectivity index (χ0n) is 9.24. The zero-order chi connectivity index (χ0) is 13.1. The molecule has 0 radical (unpaired) electrons. The average Bonchev–Trinajstić information content (AvgIpc) is 2.15. The van der Waals surface area contributed by atoms with Crippen molar-refractivity contribution in [3.8, 4) is 0 Å². The minimum atomic E-state index is -3.04. The first kappa shape index (κ1) is 14.5. The molecule has 0 aliphatic carbocycles. The Morgan fingerprint density at radius 2 is 1.76 bits per heavy atom. The molecular formula is C11H12Cl2O3S. The second-order valence-corrected chi connectivity index (χ2v) is 6.83. The first-order chi connectivity index (χ1) is 7.81. The van der Waals surface area contributed by atoms with Gasteiger partial charge < -0.3 is 0 Å². The number of carbonyl (C=O) groups excluding carboxylic acids is 1. The molecule has 0 saturated carbocycles. The summed E-state index contributed by atoms with van der Waals surface area (Å²) in [5.74, 6) is -0.245. The van der Waals surface area contributed by atoms with E-state index in [1.54, 1.807) is 18.2 Å². The topological polar surface area (TPSA) is 51.2 Å². The number of hydrogen-bond donors (Lipinski definition) is 0. The Balaban J connectivity index is 2.71. The van der Waals surface area contributed by atoms with Gasteiger partial charge in [-0.15, -0.1) is 0 Å². The molecule has 0 heterocycles. The highest BCUT2D eigenvalue weighted by Crippen LogP contribution is 2.25. The summed E-state index contributed by atoms with van der Waals surface area (Å²) in [5, 5.41) is 0.587. The fourth-order valence-corrected chi connectivity index (χ4v) is 2.66. The molecule has 0 fully saturated rings. The number of benzene rings is 1. The van der Waals surface area contributed by atoms with Gasteiger partial charge in [-0.1, -0.05) is 29.3 Å². The van der Waals surface area contributed by atoms with Crippen molar-refractivity contribution in [2.45, 2.75) is 12.8 Å². The Bertz CT molecular complexity index is 503. The van der Waals surface area contributed by atoms with Crippen LogP contribution in [0.2, 0.25) is 10.0 Å². The van der Waals surface area contributed by atoms with E-state index in [0.29, 0.717) is 10.0 Å². The smallest absolute Gasteiger partial charge is 0.165 e. The summed E-state index contributed by atoms with van der Waals surface area (Å²) in [6.07, 6.45) is 1.54. The third-order valence-electron chi connectivity index (χ3n) is 2.16. The van der Waals surface area contributed by atoms with Crippen molar-refractivity contribution in [1.29, 1.82) is 0 Å². The molecule has 0 N–H and O–H groups in total. The molecule has 1 aromatic rings. The van der Waals surface area contributed by atoms with E-state index in [1.807, 2.05) is 0 Å². The van der Waals surface area contributed by atoms with E-state index in [2.05, 4.69) is 0 Å². The van der Waals surface area contributed by atoms with Gasteiger partial charge in [-0.3, -0.25) is 4.79 Å². The van der Waals surface area contributed by atoms with Crippen LogP contribution in [0.25, 0.3) is 0 Å². The molecule has 0 saturated heterocycles. The van der Waals surface area contributed by atoms with Crippen LogP contribution in [0.4, 0.5) is 0 Å². The van der Waals surface area contributed by atoms with Crippen molar-refractivity contribution in [1.82, 2.24) is 0 Å². The number of ketones is 1. The molecular weight excluding hydrogens is 283 g/mol. The van der Waals surface area contributed by atoms with Crippen LogP contribution in [-0.4, -0.2) is 26.2 Å². The zero-order valence-corrected chi connectivity index (χ0v) is 11.6. The maximum atomic E-state index is 11.8. The van der Waals surface area contributed by atoms with Crippen LogP contribution >= 0.6 is 23.2 Å². The summed E-state index contributed by atoms with van der Waals surface area (Å²) < 4.78 is 21.8. The molecule has 1 rings (SSSR count). The predicted octanol–water partition coefficient (Wildman–Crippen LogP) is 3.00. The maximum Gasteiger partial charge on any atom is 0.165 e. The van der Waals surface area contributed by atoms with Gasteiger partial charge >= 0.3 is 0 Å². The Labute approximate surface area is 111 Å². The van der Waals surface area contributed by atoms with Crippen LogP contribution in [0.5, 0.6) is 0 Å². The molecule has 0 aliphatic heterocycles. The van der Waals surface area contributed by atoms with Gasteiger partial charge in [0.15, 0.2) is 5.78 Å². The summed E-state index contributed by atoms with van der Waals surface area (Å²) >= 11 is 11.7. The molecule has 0 aliphatic rings. The fraction of sp³-hybridized carbons (Fsp3) is 0.364. The molecule has 0 amide bonds. The second kappa shape index (κ2) is 5.85. The van der Waals surface area contributed by atoms with Crippen molar-refractivity contribution in [3.05, 3.63) is 33.8 Å². The van der Waals surface area contributed by atoms with E-state index >= 15 is 0 Å². The van der Waals surface area contributed by atoms with Gasteiger partial charge in [-0.2, -0.15) is 0 Å². The lowest BCUT2D eigenvalue weighted by atomic mass is 10.1. The van der Waals surface area contributed by atoms with Gasteiger partial charge in [-0.25, -0.2) is 8.42 Å². The number of halogens is 2. The number of carbonyl (C=O) groups is 1. The van der Waals surface area contributed by atoms with E-state index < -0.39 is 9.84 Å². The van der Waals surface area contributed by atoms with Gasteiger partial charge in [0.05, 0.1) is 21.4 Å². The standard InChI is InChI=1S/C11H12Cl2O3S/c1-17(15,16)7-3-6-10(14)11-8(12)4-2-5-9(11)13/h2,4-5H,3,6-7H2,1H3. The van der Waals surface area contributed by atoms with Crippen LogP contribution in [-0.2, 0) is 9.84 Å². The number of sulfone groups is 1. The summed E-state index contributed by atoms with van der Waals surface area (Å²) in [6, 6.07) is 4.81. The molecule has 0 atom stereocenters.